The highest BCUT2D eigenvalue weighted by molar-refractivity contribution is 6.30. The lowest BCUT2D eigenvalue weighted by atomic mass is 9.92. The first-order valence-electron chi connectivity index (χ1n) is 8.69. The van der Waals surface area contributed by atoms with Gasteiger partial charge in [0, 0.05) is 27.3 Å². The van der Waals surface area contributed by atoms with Crippen molar-refractivity contribution in [2.75, 3.05) is 0 Å². The van der Waals surface area contributed by atoms with Crippen LogP contribution in [-0.4, -0.2) is 26.8 Å². The number of nitrogens with zero attached hydrogens (tertiary/aromatic N) is 2. The van der Waals surface area contributed by atoms with E-state index in [4.69, 9.17) is 11.6 Å². The minimum absolute atomic E-state index is 0.00785. The molecule has 0 radical (unpaired) electrons. The predicted molar refractivity (Wildman–Crippen MR) is 101 cm³/mol. The number of nitrogens with one attached hydrogen (secondary N) is 1. The fraction of sp³-hybridized carbons (Fsp3) is 0.450. The molecule has 1 amide bonds. The van der Waals surface area contributed by atoms with Crippen LogP contribution < -0.4 is 0 Å². The summed E-state index contributed by atoms with van der Waals surface area (Å²) >= 11 is 5.88. The molecule has 3 rings (SSSR count). The van der Waals surface area contributed by atoms with Crippen molar-refractivity contribution in [1.29, 1.82) is 0 Å². The molecule has 5 nitrogen and oxygen atoms in total. The number of aromatic amines is 1. The maximum absolute atomic E-state index is 12.8. The fourth-order valence-electron chi connectivity index (χ4n) is 3.34. The zero-order valence-corrected chi connectivity index (χ0v) is 16.6. The van der Waals surface area contributed by atoms with Gasteiger partial charge in [0.15, 0.2) is 5.78 Å². The Morgan fingerprint density at radius 3 is 2.42 bits per heavy atom. The van der Waals surface area contributed by atoms with Crippen molar-refractivity contribution in [3.63, 3.8) is 0 Å². The second kappa shape index (κ2) is 6.23. The number of rotatable bonds is 3. The predicted octanol–water partition coefficient (Wildman–Crippen LogP) is 4.11. The van der Waals surface area contributed by atoms with Crippen molar-refractivity contribution in [2.24, 2.45) is 5.41 Å². The van der Waals surface area contributed by atoms with Crippen molar-refractivity contribution < 1.29 is 9.59 Å². The summed E-state index contributed by atoms with van der Waals surface area (Å²) in [4.78, 5) is 27.3. The van der Waals surface area contributed by atoms with Gasteiger partial charge in [-0.1, -0.05) is 32.4 Å². The van der Waals surface area contributed by atoms with E-state index in [1.807, 2.05) is 39.5 Å². The number of fused-ring (bicyclic) bond motifs is 1. The summed E-state index contributed by atoms with van der Waals surface area (Å²) in [6, 6.07) is 6.86. The quantitative estimate of drug-likeness (QED) is 0.823. The summed E-state index contributed by atoms with van der Waals surface area (Å²) in [6.07, 6.45) is 0.220. The summed E-state index contributed by atoms with van der Waals surface area (Å²) in [6.45, 7) is 10.2. The Hall–Kier alpha value is -2.14. The van der Waals surface area contributed by atoms with Crippen molar-refractivity contribution >= 4 is 23.3 Å². The number of carbonyl (C=O) groups excluding carboxylic acids is 2. The van der Waals surface area contributed by atoms with Gasteiger partial charge in [-0.3, -0.25) is 14.7 Å². The topological polar surface area (TPSA) is 66.1 Å². The third-order valence-corrected chi connectivity index (χ3v) is 5.17. The van der Waals surface area contributed by atoms with Gasteiger partial charge in [0.2, 0.25) is 5.91 Å². The van der Waals surface area contributed by atoms with Crippen LogP contribution >= 0.6 is 11.6 Å². The molecule has 1 aromatic heterocycles. The number of halogens is 1. The Morgan fingerprint density at radius 1 is 1.23 bits per heavy atom. The van der Waals surface area contributed by atoms with Gasteiger partial charge in [-0.25, -0.2) is 0 Å². The first-order valence-corrected chi connectivity index (χ1v) is 9.07. The second-order valence-electron chi connectivity index (χ2n) is 8.34. The Morgan fingerprint density at radius 2 is 1.85 bits per heavy atom. The van der Waals surface area contributed by atoms with E-state index >= 15 is 0 Å². The molecule has 0 spiro atoms. The van der Waals surface area contributed by atoms with Crippen LogP contribution in [0.5, 0.6) is 0 Å². The number of ketones is 1. The largest absolute Gasteiger partial charge is 0.327 e. The highest BCUT2D eigenvalue weighted by Gasteiger charge is 2.46. The van der Waals surface area contributed by atoms with Crippen molar-refractivity contribution in [2.45, 2.75) is 53.1 Å². The molecule has 26 heavy (non-hydrogen) atoms. The maximum Gasteiger partial charge on any atom is 0.229 e. The van der Waals surface area contributed by atoms with Gasteiger partial charge in [-0.2, -0.15) is 5.10 Å². The third kappa shape index (κ3) is 3.16. The van der Waals surface area contributed by atoms with Gasteiger partial charge >= 0.3 is 0 Å². The van der Waals surface area contributed by atoms with E-state index in [1.54, 1.807) is 24.3 Å². The molecular formula is C20H24ClN3O2. The molecule has 6 heteroatoms. The van der Waals surface area contributed by atoms with Crippen LogP contribution in [0, 0.1) is 5.41 Å². The minimum Gasteiger partial charge on any atom is -0.327 e. The number of Topliss-reactive ketones (excluding diaryl/α,β-unsaturated/α-hetero) is 1. The van der Waals surface area contributed by atoms with E-state index in [0.29, 0.717) is 17.1 Å². The minimum atomic E-state index is -0.502. The van der Waals surface area contributed by atoms with E-state index in [1.165, 1.54) is 0 Å². The van der Waals surface area contributed by atoms with E-state index in [9.17, 15) is 9.59 Å². The summed E-state index contributed by atoms with van der Waals surface area (Å²) in [5.74, 6) is 0.0713. The molecule has 0 bridgehead atoms. The van der Waals surface area contributed by atoms with Crippen LogP contribution in [0.3, 0.4) is 0 Å². The molecule has 2 aromatic rings. The summed E-state index contributed by atoms with van der Waals surface area (Å²) in [5.41, 5.74) is 2.21. The number of H-pyrrole nitrogens is 1. The molecule has 1 N–H and O–H groups in total. The molecule has 1 aromatic carbocycles. The molecule has 0 saturated heterocycles. The lowest BCUT2D eigenvalue weighted by Crippen LogP contribution is -2.46. The summed E-state index contributed by atoms with van der Waals surface area (Å²) < 4.78 is 0. The lowest BCUT2D eigenvalue weighted by Gasteiger charge is -2.36. The van der Waals surface area contributed by atoms with Crippen LogP contribution in [-0.2, 0) is 23.3 Å². The highest BCUT2D eigenvalue weighted by atomic mass is 35.5. The van der Waals surface area contributed by atoms with Gasteiger partial charge in [-0.15, -0.1) is 0 Å². The first kappa shape index (κ1) is 18.6. The summed E-state index contributed by atoms with van der Waals surface area (Å²) in [7, 11) is 0. The standard InChI is InChI=1S/C20H24ClN3O2/c1-19(2,3)18(26)24-11-14-15(22-23-17(14)20(24,4)5)10-16(25)12-6-8-13(21)9-7-12/h6-9H,10-11H2,1-5H3,(H,22,23). The normalized spacial score (nSPS) is 15.8. The molecule has 0 aliphatic carbocycles. The SMILES string of the molecule is CC(C)(C)C(=O)N1Cc2c(n[nH]c2CC(=O)c2ccc(Cl)cc2)C1(C)C. The second-order valence-corrected chi connectivity index (χ2v) is 8.77. The average Bonchev–Trinajstić information content (AvgIpc) is 3.05. The third-order valence-electron chi connectivity index (χ3n) is 4.91. The summed E-state index contributed by atoms with van der Waals surface area (Å²) in [5, 5.41) is 8.04. The molecule has 138 valence electrons. The number of amides is 1. The van der Waals surface area contributed by atoms with Crippen LogP contribution in [0.25, 0.3) is 0 Å². The van der Waals surface area contributed by atoms with E-state index in [-0.39, 0.29) is 18.1 Å². The fourth-order valence-corrected chi connectivity index (χ4v) is 3.46. The average molecular weight is 374 g/mol. The van der Waals surface area contributed by atoms with Crippen molar-refractivity contribution in [1.82, 2.24) is 15.1 Å². The zero-order chi connectivity index (χ0) is 19.3. The molecule has 0 saturated carbocycles. The van der Waals surface area contributed by atoms with Gasteiger partial charge in [0.1, 0.15) is 0 Å². The number of carbonyl (C=O) groups is 2. The monoisotopic (exact) mass is 373 g/mol. The Kier molecular flexibility index (Phi) is 4.47. The maximum atomic E-state index is 12.8. The highest BCUT2D eigenvalue weighted by Crippen LogP contribution is 2.41. The van der Waals surface area contributed by atoms with Gasteiger partial charge in [0.25, 0.3) is 0 Å². The van der Waals surface area contributed by atoms with Crippen LogP contribution in [0.15, 0.2) is 24.3 Å². The number of benzene rings is 1. The number of hydrogen-bond donors (Lipinski definition) is 1. The van der Waals surface area contributed by atoms with E-state index in [2.05, 4.69) is 10.2 Å². The molecule has 0 fully saturated rings. The molecule has 2 heterocycles. The van der Waals surface area contributed by atoms with E-state index < -0.39 is 11.0 Å². The number of hydrogen-bond acceptors (Lipinski definition) is 3. The Balaban J connectivity index is 1.86. The zero-order valence-electron chi connectivity index (χ0n) is 15.8. The van der Waals surface area contributed by atoms with Crippen molar-refractivity contribution in [3.8, 4) is 0 Å². The molecule has 1 aliphatic heterocycles. The molecule has 1 aliphatic rings. The van der Waals surface area contributed by atoms with Crippen LogP contribution in [0.4, 0.5) is 0 Å². The molecular weight excluding hydrogens is 350 g/mol. The van der Waals surface area contributed by atoms with Gasteiger partial charge < -0.3 is 4.90 Å². The van der Waals surface area contributed by atoms with Gasteiger partial charge in [0.05, 0.1) is 24.2 Å². The molecule has 0 unspecified atom stereocenters. The van der Waals surface area contributed by atoms with Crippen LogP contribution in [0.1, 0.15) is 61.9 Å². The van der Waals surface area contributed by atoms with Gasteiger partial charge in [-0.05, 0) is 38.1 Å². The number of aromatic nitrogens is 2. The lowest BCUT2D eigenvalue weighted by molar-refractivity contribution is -0.145. The van der Waals surface area contributed by atoms with E-state index in [0.717, 1.165) is 17.0 Å². The Labute approximate surface area is 158 Å². The molecule has 0 atom stereocenters. The first-order chi connectivity index (χ1) is 12.0. The van der Waals surface area contributed by atoms with Crippen LogP contribution in [0.2, 0.25) is 5.02 Å². The Bertz CT molecular complexity index is 860. The smallest absolute Gasteiger partial charge is 0.229 e. The van der Waals surface area contributed by atoms with Crippen molar-refractivity contribution in [3.05, 3.63) is 51.8 Å².